The first-order valence-corrected chi connectivity index (χ1v) is 8.52. The quantitative estimate of drug-likeness (QED) is 0.710. The van der Waals surface area contributed by atoms with Crippen molar-refractivity contribution in [1.29, 1.82) is 0 Å². The lowest BCUT2D eigenvalue weighted by atomic mass is 10.1. The third-order valence-electron chi connectivity index (χ3n) is 4.11. The smallest absolute Gasteiger partial charge is 0.255 e. The second-order valence-electron chi connectivity index (χ2n) is 6.18. The van der Waals surface area contributed by atoms with Gasteiger partial charge in [0.1, 0.15) is 5.82 Å². The number of hydrogen-bond acceptors (Lipinski definition) is 2. The van der Waals surface area contributed by atoms with Crippen molar-refractivity contribution in [2.75, 3.05) is 5.32 Å². The van der Waals surface area contributed by atoms with Crippen molar-refractivity contribution < 1.29 is 14.0 Å². The van der Waals surface area contributed by atoms with Crippen LogP contribution in [-0.4, -0.2) is 11.8 Å². The van der Waals surface area contributed by atoms with E-state index in [1.54, 1.807) is 24.3 Å². The summed E-state index contributed by atoms with van der Waals surface area (Å²) in [5, 5.41) is 5.35. The molecule has 136 valence electrons. The van der Waals surface area contributed by atoms with Crippen LogP contribution in [0.25, 0.3) is 0 Å². The average molecular weight is 362 g/mol. The second kappa shape index (κ2) is 8.27. The molecule has 0 aliphatic heterocycles. The minimum atomic E-state index is -0.502. The largest absolute Gasteiger partial charge is 0.348 e. The maximum atomic E-state index is 13.6. The number of carbonyl (C=O) groups is 2. The molecule has 0 saturated carbocycles. The number of amides is 2. The number of anilines is 1. The highest BCUT2D eigenvalue weighted by atomic mass is 19.1. The molecule has 4 nitrogen and oxygen atoms in total. The Bertz CT molecular complexity index is 951. The van der Waals surface area contributed by atoms with Crippen LogP contribution in [0.3, 0.4) is 0 Å². The SMILES string of the molecule is Cc1ccc(CNC(=O)c2ccc(C(=O)Nc3ccccc3F)cc2)cc1. The molecule has 0 unspecified atom stereocenters. The van der Waals surface area contributed by atoms with Crippen molar-refractivity contribution in [3.8, 4) is 0 Å². The molecule has 5 heteroatoms. The Morgan fingerprint density at radius 3 is 2.04 bits per heavy atom. The minimum absolute atomic E-state index is 0.113. The van der Waals surface area contributed by atoms with Crippen LogP contribution < -0.4 is 10.6 Å². The third-order valence-corrected chi connectivity index (χ3v) is 4.11. The van der Waals surface area contributed by atoms with Crippen LogP contribution in [-0.2, 0) is 6.54 Å². The lowest BCUT2D eigenvalue weighted by Gasteiger charge is -2.08. The zero-order valence-electron chi connectivity index (χ0n) is 14.8. The van der Waals surface area contributed by atoms with Gasteiger partial charge in [0.25, 0.3) is 11.8 Å². The zero-order chi connectivity index (χ0) is 19.2. The molecule has 0 heterocycles. The van der Waals surface area contributed by atoms with Gasteiger partial charge in [0.15, 0.2) is 0 Å². The molecule has 0 aliphatic carbocycles. The molecule has 0 aromatic heterocycles. The van der Waals surface area contributed by atoms with E-state index in [4.69, 9.17) is 0 Å². The van der Waals surface area contributed by atoms with E-state index in [1.165, 1.54) is 24.3 Å². The molecule has 2 N–H and O–H groups in total. The number of benzene rings is 3. The Morgan fingerprint density at radius 2 is 1.41 bits per heavy atom. The summed E-state index contributed by atoms with van der Waals surface area (Å²) in [6.45, 7) is 2.43. The summed E-state index contributed by atoms with van der Waals surface area (Å²) in [7, 11) is 0. The lowest BCUT2D eigenvalue weighted by Crippen LogP contribution is -2.23. The molecule has 0 bridgehead atoms. The van der Waals surface area contributed by atoms with E-state index in [1.807, 2.05) is 31.2 Å². The molecular formula is C22H19FN2O2. The summed E-state index contributed by atoms with van der Waals surface area (Å²) >= 11 is 0. The predicted molar refractivity (Wildman–Crippen MR) is 103 cm³/mol. The minimum Gasteiger partial charge on any atom is -0.348 e. The van der Waals surface area contributed by atoms with Gasteiger partial charge in [-0.2, -0.15) is 0 Å². The van der Waals surface area contributed by atoms with Gasteiger partial charge in [-0.25, -0.2) is 4.39 Å². The van der Waals surface area contributed by atoms with Gasteiger partial charge in [0.2, 0.25) is 0 Å². The summed E-state index contributed by atoms with van der Waals surface area (Å²) < 4.78 is 13.6. The first-order valence-electron chi connectivity index (χ1n) is 8.52. The van der Waals surface area contributed by atoms with Gasteiger partial charge in [0.05, 0.1) is 5.69 Å². The van der Waals surface area contributed by atoms with Crippen molar-refractivity contribution in [2.24, 2.45) is 0 Å². The van der Waals surface area contributed by atoms with Crippen LogP contribution in [0.5, 0.6) is 0 Å². The lowest BCUT2D eigenvalue weighted by molar-refractivity contribution is 0.0949. The normalized spacial score (nSPS) is 10.3. The molecule has 0 atom stereocenters. The van der Waals surface area contributed by atoms with Crippen molar-refractivity contribution in [1.82, 2.24) is 5.32 Å². The number of rotatable bonds is 5. The van der Waals surface area contributed by atoms with Crippen LogP contribution in [0.4, 0.5) is 10.1 Å². The van der Waals surface area contributed by atoms with E-state index in [0.717, 1.165) is 11.1 Å². The number of carbonyl (C=O) groups excluding carboxylic acids is 2. The van der Waals surface area contributed by atoms with Gasteiger partial charge in [-0.15, -0.1) is 0 Å². The van der Waals surface area contributed by atoms with Crippen LogP contribution in [0, 0.1) is 12.7 Å². The molecule has 0 saturated heterocycles. The fraction of sp³-hybridized carbons (Fsp3) is 0.0909. The summed E-state index contributed by atoms with van der Waals surface area (Å²) in [5.41, 5.74) is 3.07. The number of halogens is 1. The average Bonchev–Trinajstić information content (AvgIpc) is 2.69. The van der Waals surface area contributed by atoms with Crippen LogP contribution >= 0.6 is 0 Å². The molecule has 0 spiro atoms. The Hall–Kier alpha value is -3.47. The number of aryl methyl sites for hydroxylation is 1. The van der Waals surface area contributed by atoms with E-state index in [-0.39, 0.29) is 11.6 Å². The number of hydrogen-bond donors (Lipinski definition) is 2. The van der Waals surface area contributed by atoms with Crippen molar-refractivity contribution in [3.63, 3.8) is 0 Å². The fourth-order valence-electron chi connectivity index (χ4n) is 2.52. The van der Waals surface area contributed by atoms with Gasteiger partial charge in [0, 0.05) is 17.7 Å². The fourth-order valence-corrected chi connectivity index (χ4v) is 2.52. The van der Waals surface area contributed by atoms with E-state index in [0.29, 0.717) is 17.7 Å². The van der Waals surface area contributed by atoms with E-state index < -0.39 is 11.7 Å². The van der Waals surface area contributed by atoms with Crippen LogP contribution in [0.2, 0.25) is 0 Å². The van der Waals surface area contributed by atoms with Gasteiger partial charge in [-0.3, -0.25) is 9.59 Å². The Kier molecular flexibility index (Phi) is 5.61. The highest BCUT2D eigenvalue weighted by molar-refractivity contribution is 6.05. The summed E-state index contributed by atoms with van der Waals surface area (Å²) in [6, 6.07) is 20.1. The number of para-hydroxylation sites is 1. The van der Waals surface area contributed by atoms with Crippen LogP contribution in [0.15, 0.2) is 72.8 Å². The zero-order valence-corrected chi connectivity index (χ0v) is 14.8. The first-order chi connectivity index (χ1) is 13.0. The van der Waals surface area contributed by atoms with Crippen molar-refractivity contribution in [2.45, 2.75) is 13.5 Å². The highest BCUT2D eigenvalue weighted by Gasteiger charge is 2.11. The van der Waals surface area contributed by atoms with Crippen LogP contribution in [0.1, 0.15) is 31.8 Å². The van der Waals surface area contributed by atoms with Crippen molar-refractivity contribution >= 4 is 17.5 Å². The van der Waals surface area contributed by atoms with E-state index >= 15 is 0 Å². The van der Waals surface area contributed by atoms with Gasteiger partial charge < -0.3 is 10.6 Å². The van der Waals surface area contributed by atoms with E-state index in [9.17, 15) is 14.0 Å². The Labute approximate surface area is 157 Å². The monoisotopic (exact) mass is 362 g/mol. The highest BCUT2D eigenvalue weighted by Crippen LogP contribution is 2.14. The summed E-state index contributed by atoms with van der Waals surface area (Å²) in [6.07, 6.45) is 0. The maximum Gasteiger partial charge on any atom is 0.255 e. The molecule has 0 fully saturated rings. The van der Waals surface area contributed by atoms with Gasteiger partial charge in [-0.1, -0.05) is 42.0 Å². The molecule has 3 rings (SSSR count). The molecule has 3 aromatic carbocycles. The molecule has 3 aromatic rings. The molecule has 27 heavy (non-hydrogen) atoms. The maximum absolute atomic E-state index is 13.6. The Balaban J connectivity index is 1.60. The predicted octanol–water partition coefficient (Wildman–Crippen LogP) is 4.32. The summed E-state index contributed by atoms with van der Waals surface area (Å²) in [4.78, 5) is 24.4. The summed E-state index contributed by atoms with van der Waals surface area (Å²) in [5.74, 6) is -1.17. The molecule has 2 amide bonds. The molecule has 0 radical (unpaired) electrons. The third kappa shape index (κ3) is 4.79. The standard InChI is InChI=1S/C22H19FN2O2/c1-15-6-8-16(9-7-15)14-24-21(26)17-10-12-18(13-11-17)22(27)25-20-5-3-2-4-19(20)23/h2-13H,14H2,1H3,(H,24,26)(H,25,27). The topological polar surface area (TPSA) is 58.2 Å². The van der Waals surface area contributed by atoms with Crippen molar-refractivity contribution in [3.05, 3.63) is 101 Å². The second-order valence-corrected chi connectivity index (χ2v) is 6.18. The van der Waals surface area contributed by atoms with Gasteiger partial charge in [-0.05, 0) is 48.9 Å². The molecule has 0 aliphatic rings. The Morgan fingerprint density at radius 1 is 0.815 bits per heavy atom. The number of nitrogens with one attached hydrogen (secondary N) is 2. The molecular weight excluding hydrogens is 343 g/mol. The van der Waals surface area contributed by atoms with Gasteiger partial charge >= 0.3 is 0 Å². The first kappa shape index (κ1) is 18.3. The van der Waals surface area contributed by atoms with E-state index in [2.05, 4.69) is 10.6 Å².